The largest absolute Gasteiger partial charge is 0.507 e. The Labute approximate surface area is 218 Å². The van der Waals surface area contributed by atoms with Crippen molar-refractivity contribution < 1.29 is 15.0 Å². The lowest BCUT2D eigenvalue weighted by Gasteiger charge is -2.30. The van der Waals surface area contributed by atoms with E-state index >= 15 is 0 Å². The van der Waals surface area contributed by atoms with Crippen LogP contribution in [0.15, 0.2) is 46.5 Å². The molecule has 5 nitrogen and oxygen atoms in total. The number of carbonyl (C=O) groups excluding carboxylic acids is 1. The van der Waals surface area contributed by atoms with Gasteiger partial charge in [0.05, 0.1) is 22.7 Å². The Bertz CT molecular complexity index is 1060. The van der Waals surface area contributed by atoms with Crippen LogP contribution in [0.3, 0.4) is 0 Å². The lowest BCUT2D eigenvalue weighted by atomic mass is 9.78. The van der Waals surface area contributed by atoms with Crippen molar-refractivity contribution >= 4 is 27.8 Å². The van der Waals surface area contributed by atoms with Gasteiger partial charge in [0.15, 0.2) is 17.2 Å². The van der Waals surface area contributed by atoms with E-state index in [9.17, 15) is 15.0 Å². The average molecular weight is 544 g/mol. The number of Topliss-reactive ketones (excluding diaryl/α,β-unsaturated/α-hetero) is 1. The summed E-state index contributed by atoms with van der Waals surface area (Å²) in [4.78, 5) is 15.6. The first kappa shape index (κ1) is 27.4. The third kappa shape index (κ3) is 5.34. The molecule has 0 amide bonds. The van der Waals surface area contributed by atoms with E-state index in [0.717, 1.165) is 29.5 Å². The summed E-state index contributed by atoms with van der Waals surface area (Å²) in [5.74, 6) is 0.560. The number of phenols is 1. The van der Waals surface area contributed by atoms with E-state index in [1.807, 2.05) is 88.9 Å². The summed E-state index contributed by atoms with van der Waals surface area (Å²) in [5.41, 5.74) is 0.938. The van der Waals surface area contributed by atoms with Crippen LogP contribution in [0.4, 0.5) is 0 Å². The molecule has 0 spiro atoms. The van der Waals surface area contributed by atoms with Crippen LogP contribution in [0, 0.1) is 5.92 Å². The van der Waals surface area contributed by atoms with Crippen LogP contribution >= 0.6 is 16.1 Å². The quantitative estimate of drug-likeness (QED) is 0.408. The van der Waals surface area contributed by atoms with Gasteiger partial charge in [0.25, 0.3) is 0 Å². The maximum Gasteiger partial charge on any atom is 0.182 e. The summed E-state index contributed by atoms with van der Waals surface area (Å²) in [6.45, 7) is 14.9. The van der Waals surface area contributed by atoms with Crippen molar-refractivity contribution in [3.63, 3.8) is 0 Å². The number of rotatable bonds is 6. The zero-order valence-electron chi connectivity index (χ0n) is 22.0. The second-order valence-corrected chi connectivity index (χ2v) is 12.1. The Morgan fingerprint density at radius 1 is 1.09 bits per heavy atom. The van der Waals surface area contributed by atoms with Crippen LogP contribution in [-0.2, 0) is 16.4 Å². The Morgan fingerprint density at radius 3 is 2.09 bits per heavy atom. The van der Waals surface area contributed by atoms with Crippen LogP contribution in [0.1, 0.15) is 88.4 Å². The van der Waals surface area contributed by atoms with E-state index in [2.05, 4.69) is 27.1 Å². The summed E-state index contributed by atoms with van der Waals surface area (Å²) < 4.78 is 4.32. The van der Waals surface area contributed by atoms with Gasteiger partial charge in [0, 0.05) is 29.2 Å². The van der Waals surface area contributed by atoms with E-state index in [-0.39, 0.29) is 34.8 Å². The molecule has 2 aromatic carbocycles. The minimum Gasteiger partial charge on any atom is -0.507 e. The van der Waals surface area contributed by atoms with Crippen molar-refractivity contribution in [2.75, 3.05) is 13.1 Å². The Hall–Kier alpha value is -2.18. The SMILES string of the molecule is CCCC1CN(CC(=O)c2cc(C(C)(C)C)c(O)c(C(C)(C)C)c2)C(=NBr)C1(O)c1ccccc1. The minimum atomic E-state index is -1.27. The number of nitrogens with zero attached hydrogens (tertiary/aromatic N) is 2. The second-order valence-electron chi connectivity index (χ2n) is 11.7. The van der Waals surface area contributed by atoms with Gasteiger partial charge in [0.2, 0.25) is 0 Å². The molecule has 2 aromatic rings. The summed E-state index contributed by atoms with van der Waals surface area (Å²) in [5, 5.41) is 23.0. The molecular weight excluding hydrogens is 504 g/mol. The summed E-state index contributed by atoms with van der Waals surface area (Å²) in [6, 6.07) is 13.2. The minimum absolute atomic E-state index is 0.0674. The summed E-state index contributed by atoms with van der Waals surface area (Å²) >= 11 is 3.24. The topological polar surface area (TPSA) is 73.1 Å². The fourth-order valence-corrected chi connectivity index (χ4v) is 5.57. The van der Waals surface area contributed by atoms with E-state index in [1.165, 1.54) is 0 Å². The first-order valence-corrected chi connectivity index (χ1v) is 13.1. The molecule has 0 aliphatic carbocycles. The van der Waals surface area contributed by atoms with Gasteiger partial charge >= 0.3 is 0 Å². The van der Waals surface area contributed by atoms with Gasteiger partial charge in [-0.3, -0.25) is 4.79 Å². The van der Waals surface area contributed by atoms with Gasteiger partial charge in [-0.15, -0.1) is 0 Å². The van der Waals surface area contributed by atoms with Gasteiger partial charge in [-0.05, 0) is 34.9 Å². The van der Waals surface area contributed by atoms with Crippen molar-refractivity contribution in [1.82, 2.24) is 4.90 Å². The number of aromatic hydroxyl groups is 1. The zero-order chi connectivity index (χ0) is 26.2. The molecule has 2 atom stereocenters. The smallest absolute Gasteiger partial charge is 0.182 e. The number of likely N-dealkylation sites (tertiary alicyclic amines) is 1. The lowest BCUT2D eigenvalue weighted by Crippen LogP contribution is -2.41. The molecule has 1 aliphatic rings. The first-order chi connectivity index (χ1) is 16.2. The lowest BCUT2D eigenvalue weighted by molar-refractivity contribution is 0.0579. The molecule has 6 heteroatoms. The van der Waals surface area contributed by atoms with Gasteiger partial charge in [-0.2, -0.15) is 4.02 Å². The number of carbonyl (C=O) groups is 1. The van der Waals surface area contributed by atoms with Gasteiger partial charge < -0.3 is 15.1 Å². The van der Waals surface area contributed by atoms with Crippen molar-refractivity contribution in [3.8, 4) is 5.75 Å². The monoisotopic (exact) mass is 542 g/mol. The number of phenolic OH excluding ortho intramolecular Hbond substituents is 1. The molecule has 0 bridgehead atoms. The number of amidine groups is 1. The molecule has 2 N–H and O–H groups in total. The number of hydrogen-bond donors (Lipinski definition) is 2. The highest BCUT2D eigenvalue weighted by atomic mass is 79.9. The number of aliphatic hydroxyl groups is 1. The average Bonchev–Trinajstić information content (AvgIpc) is 3.04. The first-order valence-electron chi connectivity index (χ1n) is 12.4. The van der Waals surface area contributed by atoms with Gasteiger partial charge in [-0.25, -0.2) is 0 Å². The summed E-state index contributed by atoms with van der Waals surface area (Å²) in [7, 11) is 0. The predicted molar refractivity (Wildman–Crippen MR) is 147 cm³/mol. The highest BCUT2D eigenvalue weighted by Crippen LogP contribution is 2.43. The second kappa shape index (κ2) is 10.1. The molecule has 35 heavy (non-hydrogen) atoms. The zero-order valence-corrected chi connectivity index (χ0v) is 23.6. The van der Waals surface area contributed by atoms with Crippen LogP contribution in [-0.4, -0.2) is 39.8 Å². The maximum absolute atomic E-state index is 13.7. The molecule has 1 fully saturated rings. The van der Waals surface area contributed by atoms with Crippen molar-refractivity contribution in [3.05, 3.63) is 64.7 Å². The highest BCUT2D eigenvalue weighted by molar-refractivity contribution is 9.08. The van der Waals surface area contributed by atoms with E-state index in [1.54, 1.807) is 0 Å². The standard InChI is InChI=1S/C29H39BrN2O3/c1-8-12-21-17-32(26(31-30)29(21,35)20-13-10-9-11-14-20)18-24(33)19-15-22(27(2,3)4)25(34)23(16-19)28(5,6)7/h9-11,13-16,21,34-35H,8,12,17-18H2,1-7H3. The Morgan fingerprint density at radius 2 is 1.63 bits per heavy atom. The number of halogens is 1. The molecule has 0 radical (unpaired) electrons. The van der Waals surface area contributed by atoms with Crippen molar-refractivity contribution in [1.29, 1.82) is 0 Å². The third-order valence-corrected chi connectivity index (χ3v) is 7.32. The fourth-order valence-electron chi connectivity index (χ4n) is 5.07. The van der Waals surface area contributed by atoms with Crippen LogP contribution < -0.4 is 0 Å². The van der Waals surface area contributed by atoms with E-state index < -0.39 is 5.60 Å². The van der Waals surface area contributed by atoms with Gasteiger partial charge in [-0.1, -0.05) is 85.2 Å². The normalized spacial score (nSPS) is 22.1. The molecule has 1 heterocycles. The van der Waals surface area contributed by atoms with Crippen LogP contribution in [0.25, 0.3) is 0 Å². The molecular formula is C29H39BrN2O3. The third-order valence-electron chi connectivity index (χ3n) is 6.99. The molecule has 190 valence electrons. The molecule has 1 aliphatic heterocycles. The van der Waals surface area contributed by atoms with Gasteiger partial charge in [0.1, 0.15) is 5.75 Å². The Balaban J connectivity index is 2.02. The Kier molecular flexibility index (Phi) is 7.88. The van der Waals surface area contributed by atoms with Crippen molar-refractivity contribution in [2.45, 2.75) is 77.7 Å². The molecule has 0 aromatic heterocycles. The predicted octanol–water partition coefficient (Wildman–Crippen LogP) is 6.50. The highest BCUT2D eigenvalue weighted by Gasteiger charge is 2.51. The van der Waals surface area contributed by atoms with Crippen LogP contribution in [0.5, 0.6) is 5.75 Å². The maximum atomic E-state index is 13.7. The van der Waals surface area contributed by atoms with Crippen LogP contribution in [0.2, 0.25) is 0 Å². The van der Waals surface area contributed by atoms with Crippen molar-refractivity contribution in [2.24, 2.45) is 9.94 Å². The molecule has 0 saturated carbocycles. The van der Waals surface area contributed by atoms with E-state index in [0.29, 0.717) is 17.9 Å². The molecule has 3 rings (SSSR count). The fraction of sp³-hybridized carbons (Fsp3) is 0.517. The van der Waals surface area contributed by atoms with E-state index in [4.69, 9.17) is 0 Å². The molecule has 2 unspecified atom stereocenters. The number of ketones is 1. The molecule has 1 saturated heterocycles. The summed E-state index contributed by atoms with van der Waals surface area (Å²) in [6.07, 6.45) is 1.72. The number of benzene rings is 2. The number of hydrogen-bond acceptors (Lipinski definition) is 4.